The van der Waals surface area contributed by atoms with Gasteiger partial charge in [-0.05, 0) is 49.7 Å². The van der Waals surface area contributed by atoms with Crippen LogP contribution in [0.1, 0.15) is 19.4 Å². The molecule has 0 unspecified atom stereocenters. The molecule has 26 heavy (non-hydrogen) atoms. The molecular formula is C21H25N5. The molecule has 0 radical (unpaired) electrons. The monoisotopic (exact) mass is 347 g/mol. The van der Waals surface area contributed by atoms with Crippen molar-refractivity contribution in [3.8, 4) is 0 Å². The number of anilines is 4. The molecule has 2 aromatic carbocycles. The minimum Gasteiger partial charge on any atom is -0.372 e. The van der Waals surface area contributed by atoms with Crippen molar-refractivity contribution >= 4 is 23.1 Å². The van der Waals surface area contributed by atoms with Crippen molar-refractivity contribution in [1.82, 2.24) is 9.97 Å². The first-order valence-corrected chi connectivity index (χ1v) is 9.01. The smallest absolute Gasteiger partial charge is 0.229 e. The molecular weight excluding hydrogens is 322 g/mol. The van der Waals surface area contributed by atoms with Crippen LogP contribution in [0.3, 0.4) is 0 Å². The van der Waals surface area contributed by atoms with Crippen LogP contribution in [0.4, 0.5) is 23.1 Å². The van der Waals surface area contributed by atoms with E-state index in [0.717, 1.165) is 31.1 Å². The third kappa shape index (κ3) is 4.72. The molecule has 0 aliphatic rings. The van der Waals surface area contributed by atoms with Gasteiger partial charge in [0.1, 0.15) is 5.82 Å². The quantitative estimate of drug-likeness (QED) is 0.620. The average molecular weight is 347 g/mol. The Labute approximate surface area is 155 Å². The highest BCUT2D eigenvalue weighted by molar-refractivity contribution is 5.60. The summed E-state index contributed by atoms with van der Waals surface area (Å²) in [6, 6.07) is 20.5. The molecule has 5 heteroatoms. The van der Waals surface area contributed by atoms with Gasteiger partial charge in [-0.1, -0.05) is 30.3 Å². The van der Waals surface area contributed by atoms with Crippen LogP contribution in [0.25, 0.3) is 0 Å². The summed E-state index contributed by atoms with van der Waals surface area (Å²) in [5.41, 5.74) is 3.41. The van der Waals surface area contributed by atoms with Crippen LogP contribution in [0.5, 0.6) is 0 Å². The molecule has 0 bridgehead atoms. The molecule has 5 nitrogen and oxygen atoms in total. The van der Waals surface area contributed by atoms with Crippen LogP contribution in [0, 0.1) is 0 Å². The van der Waals surface area contributed by atoms with Crippen molar-refractivity contribution in [2.75, 3.05) is 28.6 Å². The van der Waals surface area contributed by atoms with Gasteiger partial charge in [0.2, 0.25) is 5.95 Å². The highest BCUT2D eigenvalue weighted by Crippen LogP contribution is 2.20. The first-order chi connectivity index (χ1) is 12.8. The van der Waals surface area contributed by atoms with Gasteiger partial charge in [-0.2, -0.15) is 4.98 Å². The van der Waals surface area contributed by atoms with Gasteiger partial charge < -0.3 is 15.5 Å². The maximum atomic E-state index is 4.53. The summed E-state index contributed by atoms with van der Waals surface area (Å²) in [6.45, 7) is 7.06. The summed E-state index contributed by atoms with van der Waals surface area (Å²) in [6.07, 6.45) is 1.76. The Morgan fingerprint density at radius 1 is 0.885 bits per heavy atom. The molecule has 134 valence electrons. The fraction of sp³-hybridized carbons (Fsp3) is 0.238. The molecule has 1 aromatic heterocycles. The lowest BCUT2D eigenvalue weighted by atomic mass is 10.2. The van der Waals surface area contributed by atoms with Crippen LogP contribution in [-0.2, 0) is 6.54 Å². The predicted octanol–water partition coefficient (Wildman–Crippen LogP) is 4.68. The highest BCUT2D eigenvalue weighted by Gasteiger charge is 2.03. The van der Waals surface area contributed by atoms with E-state index in [2.05, 4.69) is 75.7 Å². The zero-order valence-electron chi connectivity index (χ0n) is 15.3. The Morgan fingerprint density at radius 3 is 2.31 bits per heavy atom. The SMILES string of the molecule is CCN(CC)c1ccc(Nc2nccc(NCc3ccccc3)n2)cc1. The van der Waals surface area contributed by atoms with Gasteiger partial charge in [0, 0.05) is 37.2 Å². The number of aromatic nitrogens is 2. The van der Waals surface area contributed by atoms with Crippen molar-refractivity contribution in [3.05, 3.63) is 72.4 Å². The third-order valence-electron chi connectivity index (χ3n) is 4.22. The van der Waals surface area contributed by atoms with Gasteiger partial charge in [-0.15, -0.1) is 0 Å². The lowest BCUT2D eigenvalue weighted by Crippen LogP contribution is -2.21. The molecule has 0 fully saturated rings. The number of nitrogens with one attached hydrogen (secondary N) is 2. The van der Waals surface area contributed by atoms with Crippen LogP contribution >= 0.6 is 0 Å². The number of rotatable bonds is 8. The van der Waals surface area contributed by atoms with E-state index in [1.807, 2.05) is 24.3 Å². The molecule has 3 aromatic rings. The van der Waals surface area contributed by atoms with Gasteiger partial charge in [0.05, 0.1) is 0 Å². The second-order valence-corrected chi connectivity index (χ2v) is 5.95. The lowest BCUT2D eigenvalue weighted by Gasteiger charge is -2.21. The third-order valence-corrected chi connectivity index (χ3v) is 4.22. The normalized spacial score (nSPS) is 10.4. The largest absolute Gasteiger partial charge is 0.372 e. The van der Waals surface area contributed by atoms with Crippen LogP contribution in [-0.4, -0.2) is 23.1 Å². The summed E-state index contributed by atoms with van der Waals surface area (Å²) in [5, 5.41) is 6.59. The minimum absolute atomic E-state index is 0.582. The first kappa shape index (κ1) is 17.7. The molecule has 0 amide bonds. The molecule has 0 spiro atoms. The summed E-state index contributed by atoms with van der Waals surface area (Å²) >= 11 is 0. The summed E-state index contributed by atoms with van der Waals surface area (Å²) in [7, 11) is 0. The minimum atomic E-state index is 0.582. The predicted molar refractivity (Wildman–Crippen MR) is 109 cm³/mol. The fourth-order valence-electron chi connectivity index (χ4n) is 2.78. The van der Waals surface area contributed by atoms with Gasteiger partial charge in [-0.3, -0.25) is 0 Å². The Morgan fingerprint density at radius 2 is 1.62 bits per heavy atom. The van der Waals surface area contributed by atoms with E-state index in [-0.39, 0.29) is 0 Å². The van der Waals surface area contributed by atoms with Gasteiger partial charge in [0.25, 0.3) is 0 Å². The molecule has 0 aliphatic heterocycles. The highest BCUT2D eigenvalue weighted by atomic mass is 15.1. The van der Waals surface area contributed by atoms with E-state index in [0.29, 0.717) is 5.95 Å². The topological polar surface area (TPSA) is 53.1 Å². The van der Waals surface area contributed by atoms with Crippen LogP contribution in [0.2, 0.25) is 0 Å². The molecule has 2 N–H and O–H groups in total. The van der Waals surface area contributed by atoms with Crippen molar-refractivity contribution in [2.45, 2.75) is 20.4 Å². The van der Waals surface area contributed by atoms with Gasteiger partial charge >= 0.3 is 0 Å². The van der Waals surface area contributed by atoms with Gasteiger partial charge in [0.15, 0.2) is 0 Å². The maximum absolute atomic E-state index is 4.53. The Bertz CT molecular complexity index is 798. The molecule has 0 saturated heterocycles. The summed E-state index contributed by atoms with van der Waals surface area (Å²) < 4.78 is 0. The summed E-state index contributed by atoms with van der Waals surface area (Å²) in [5.74, 6) is 1.38. The second-order valence-electron chi connectivity index (χ2n) is 5.95. The number of hydrogen-bond donors (Lipinski definition) is 2. The second kappa shape index (κ2) is 8.85. The van der Waals surface area contributed by atoms with E-state index >= 15 is 0 Å². The molecule has 1 heterocycles. The Balaban J connectivity index is 1.63. The molecule has 0 atom stereocenters. The van der Waals surface area contributed by atoms with Crippen molar-refractivity contribution in [2.24, 2.45) is 0 Å². The van der Waals surface area contributed by atoms with Crippen molar-refractivity contribution in [1.29, 1.82) is 0 Å². The maximum Gasteiger partial charge on any atom is 0.229 e. The van der Waals surface area contributed by atoms with Crippen LogP contribution < -0.4 is 15.5 Å². The van der Waals surface area contributed by atoms with E-state index < -0.39 is 0 Å². The molecule has 0 aliphatic carbocycles. The zero-order chi connectivity index (χ0) is 18.2. The zero-order valence-corrected chi connectivity index (χ0v) is 15.3. The van der Waals surface area contributed by atoms with Crippen molar-refractivity contribution in [3.63, 3.8) is 0 Å². The Hall–Kier alpha value is -3.08. The van der Waals surface area contributed by atoms with E-state index in [1.165, 1.54) is 11.3 Å². The first-order valence-electron chi connectivity index (χ1n) is 9.01. The summed E-state index contributed by atoms with van der Waals surface area (Å²) in [4.78, 5) is 11.2. The lowest BCUT2D eigenvalue weighted by molar-refractivity contribution is 0.866. The number of benzene rings is 2. The number of nitrogens with zero attached hydrogens (tertiary/aromatic N) is 3. The van der Waals surface area contributed by atoms with E-state index in [9.17, 15) is 0 Å². The van der Waals surface area contributed by atoms with Gasteiger partial charge in [-0.25, -0.2) is 4.98 Å². The van der Waals surface area contributed by atoms with Crippen LogP contribution in [0.15, 0.2) is 66.9 Å². The molecule has 3 rings (SSSR count). The average Bonchev–Trinajstić information content (AvgIpc) is 2.70. The van der Waals surface area contributed by atoms with Crippen molar-refractivity contribution < 1.29 is 0 Å². The number of hydrogen-bond acceptors (Lipinski definition) is 5. The molecule has 0 saturated carbocycles. The fourth-order valence-corrected chi connectivity index (χ4v) is 2.78. The van der Waals surface area contributed by atoms with E-state index in [4.69, 9.17) is 0 Å². The Kier molecular flexibility index (Phi) is 6.04. The standard InChI is InChI=1S/C21H25N5/c1-3-26(4-2)19-12-10-18(11-13-19)24-21-22-15-14-20(25-21)23-16-17-8-6-5-7-9-17/h5-15H,3-4,16H2,1-2H3,(H2,22,23,24,25). The van der Waals surface area contributed by atoms with E-state index in [1.54, 1.807) is 6.20 Å².